The zero-order valence-electron chi connectivity index (χ0n) is 13.0. The quantitative estimate of drug-likeness (QED) is 0.888. The van der Waals surface area contributed by atoms with Gasteiger partial charge in [0.2, 0.25) is 0 Å². The molecule has 0 amide bonds. The molecule has 3 heteroatoms. The van der Waals surface area contributed by atoms with Crippen molar-refractivity contribution in [3.63, 3.8) is 0 Å². The summed E-state index contributed by atoms with van der Waals surface area (Å²) in [5.41, 5.74) is 2.72. The van der Waals surface area contributed by atoms with Crippen molar-refractivity contribution in [2.45, 2.75) is 32.9 Å². The van der Waals surface area contributed by atoms with E-state index in [9.17, 15) is 4.39 Å². The summed E-state index contributed by atoms with van der Waals surface area (Å²) in [6.45, 7) is 5.95. The summed E-state index contributed by atoms with van der Waals surface area (Å²) >= 11 is 0. The third-order valence-corrected chi connectivity index (χ3v) is 3.34. The molecule has 112 valence electrons. The molecular formula is C18H22FNO. The lowest BCUT2D eigenvalue weighted by atomic mass is 9.97. The Morgan fingerprint density at radius 3 is 2.29 bits per heavy atom. The first-order valence-electron chi connectivity index (χ1n) is 7.21. The SMILES string of the molecule is CNC(c1ccc(OC(C)C)cc1)c1cc(C)ccc1F. The van der Waals surface area contributed by atoms with Gasteiger partial charge in [-0.05, 0) is 51.6 Å². The lowest BCUT2D eigenvalue weighted by Crippen LogP contribution is -2.19. The minimum atomic E-state index is -0.192. The van der Waals surface area contributed by atoms with Gasteiger partial charge in [-0.2, -0.15) is 0 Å². The summed E-state index contributed by atoms with van der Waals surface area (Å²) in [4.78, 5) is 0. The molecule has 0 radical (unpaired) electrons. The van der Waals surface area contributed by atoms with Crippen LogP contribution in [-0.2, 0) is 0 Å². The monoisotopic (exact) mass is 287 g/mol. The standard InChI is InChI=1S/C18H22FNO/c1-12(2)21-15-8-6-14(7-9-15)18(20-4)16-11-13(3)5-10-17(16)19/h5-12,18,20H,1-4H3. The van der Waals surface area contributed by atoms with Gasteiger partial charge < -0.3 is 10.1 Å². The highest BCUT2D eigenvalue weighted by Gasteiger charge is 2.16. The van der Waals surface area contributed by atoms with E-state index in [0.29, 0.717) is 5.56 Å². The van der Waals surface area contributed by atoms with Crippen molar-refractivity contribution >= 4 is 0 Å². The van der Waals surface area contributed by atoms with Gasteiger partial charge in [-0.15, -0.1) is 0 Å². The number of aryl methyl sites for hydroxylation is 1. The van der Waals surface area contributed by atoms with E-state index in [1.54, 1.807) is 6.07 Å². The van der Waals surface area contributed by atoms with Gasteiger partial charge in [0.25, 0.3) is 0 Å². The van der Waals surface area contributed by atoms with E-state index < -0.39 is 0 Å². The lowest BCUT2D eigenvalue weighted by Gasteiger charge is -2.19. The van der Waals surface area contributed by atoms with Gasteiger partial charge in [0.05, 0.1) is 12.1 Å². The van der Waals surface area contributed by atoms with Gasteiger partial charge in [-0.1, -0.05) is 29.8 Å². The van der Waals surface area contributed by atoms with E-state index in [0.717, 1.165) is 16.9 Å². The molecule has 1 N–H and O–H groups in total. The highest BCUT2D eigenvalue weighted by Crippen LogP contribution is 2.26. The lowest BCUT2D eigenvalue weighted by molar-refractivity contribution is 0.242. The number of nitrogens with one attached hydrogen (secondary N) is 1. The van der Waals surface area contributed by atoms with Crippen LogP contribution in [0, 0.1) is 12.7 Å². The van der Waals surface area contributed by atoms with E-state index in [1.807, 2.05) is 58.2 Å². The molecule has 2 nitrogen and oxygen atoms in total. The van der Waals surface area contributed by atoms with Gasteiger partial charge in [-0.25, -0.2) is 4.39 Å². The van der Waals surface area contributed by atoms with Gasteiger partial charge in [0.15, 0.2) is 0 Å². The highest BCUT2D eigenvalue weighted by molar-refractivity contribution is 5.37. The number of halogens is 1. The second kappa shape index (κ2) is 6.72. The zero-order valence-corrected chi connectivity index (χ0v) is 13.0. The molecule has 0 aliphatic rings. The van der Waals surface area contributed by atoms with Gasteiger partial charge >= 0.3 is 0 Å². The Kier molecular flexibility index (Phi) is 4.97. The minimum Gasteiger partial charge on any atom is -0.491 e. The third-order valence-electron chi connectivity index (χ3n) is 3.34. The first-order valence-corrected chi connectivity index (χ1v) is 7.21. The first kappa shape index (κ1) is 15.5. The van der Waals surface area contributed by atoms with E-state index in [2.05, 4.69) is 5.32 Å². The van der Waals surface area contributed by atoms with Gasteiger partial charge in [0, 0.05) is 5.56 Å². The molecule has 0 aromatic heterocycles. The van der Waals surface area contributed by atoms with Crippen LogP contribution >= 0.6 is 0 Å². The number of rotatable bonds is 5. The largest absolute Gasteiger partial charge is 0.491 e. The topological polar surface area (TPSA) is 21.3 Å². The Bertz CT molecular complexity index is 593. The Balaban J connectivity index is 2.31. The Morgan fingerprint density at radius 1 is 1.05 bits per heavy atom. The van der Waals surface area contributed by atoms with Crippen molar-refractivity contribution in [1.82, 2.24) is 5.32 Å². The Morgan fingerprint density at radius 2 is 1.71 bits per heavy atom. The molecule has 2 rings (SSSR count). The van der Waals surface area contributed by atoms with Crippen LogP contribution in [0.15, 0.2) is 42.5 Å². The Hall–Kier alpha value is -1.87. The summed E-state index contributed by atoms with van der Waals surface area (Å²) < 4.78 is 19.7. The smallest absolute Gasteiger partial charge is 0.128 e. The molecule has 0 aliphatic carbocycles. The van der Waals surface area contributed by atoms with Crippen LogP contribution in [0.25, 0.3) is 0 Å². The number of ether oxygens (including phenoxy) is 1. The summed E-state index contributed by atoms with van der Waals surface area (Å²) in [5, 5.41) is 3.18. The van der Waals surface area contributed by atoms with Crippen LogP contribution in [0.1, 0.15) is 36.6 Å². The Labute approximate surface area is 126 Å². The summed E-state index contributed by atoms with van der Waals surface area (Å²) in [6.07, 6.45) is 0.144. The van der Waals surface area contributed by atoms with Crippen LogP contribution in [0.5, 0.6) is 5.75 Å². The number of benzene rings is 2. The highest BCUT2D eigenvalue weighted by atomic mass is 19.1. The summed E-state index contributed by atoms with van der Waals surface area (Å²) in [6, 6.07) is 12.8. The predicted molar refractivity (Wildman–Crippen MR) is 84.2 cm³/mol. The van der Waals surface area contributed by atoms with Gasteiger partial charge in [-0.3, -0.25) is 0 Å². The maximum atomic E-state index is 14.1. The molecule has 0 bridgehead atoms. The van der Waals surface area contributed by atoms with E-state index in [-0.39, 0.29) is 18.0 Å². The molecule has 0 saturated carbocycles. The maximum absolute atomic E-state index is 14.1. The van der Waals surface area contributed by atoms with E-state index >= 15 is 0 Å². The second-order valence-corrected chi connectivity index (χ2v) is 5.48. The average molecular weight is 287 g/mol. The van der Waals surface area contributed by atoms with Crippen LogP contribution in [0.3, 0.4) is 0 Å². The van der Waals surface area contributed by atoms with Crippen LogP contribution in [0.2, 0.25) is 0 Å². The normalized spacial score (nSPS) is 12.5. The molecule has 0 aliphatic heterocycles. The van der Waals surface area contributed by atoms with Crippen molar-refractivity contribution in [3.8, 4) is 5.75 Å². The molecule has 0 fully saturated rings. The van der Waals surface area contributed by atoms with Crippen LogP contribution in [0.4, 0.5) is 4.39 Å². The predicted octanol–water partition coefficient (Wildman–Crippen LogP) is 4.23. The molecule has 21 heavy (non-hydrogen) atoms. The van der Waals surface area contributed by atoms with Crippen molar-refractivity contribution in [1.29, 1.82) is 0 Å². The number of hydrogen-bond acceptors (Lipinski definition) is 2. The van der Waals surface area contributed by atoms with Crippen LogP contribution < -0.4 is 10.1 Å². The van der Waals surface area contributed by atoms with E-state index in [4.69, 9.17) is 4.74 Å². The van der Waals surface area contributed by atoms with Crippen molar-refractivity contribution in [3.05, 3.63) is 65.0 Å². The second-order valence-electron chi connectivity index (χ2n) is 5.48. The minimum absolute atomic E-state index is 0.144. The summed E-state index contributed by atoms with van der Waals surface area (Å²) in [7, 11) is 1.84. The molecular weight excluding hydrogens is 265 g/mol. The van der Waals surface area contributed by atoms with Crippen molar-refractivity contribution < 1.29 is 9.13 Å². The molecule has 2 aromatic carbocycles. The fourth-order valence-corrected chi connectivity index (χ4v) is 2.40. The zero-order chi connectivity index (χ0) is 15.4. The third kappa shape index (κ3) is 3.82. The van der Waals surface area contributed by atoms with Gasteiger partial charge in [0.1, 0.15) is 11.6 Å². The average Bonchev–Trinajstić information content (AvgIpc) is 2.44. The van der Waals surface area contributed by atoms with E-state index in [1.165, 1.54) is 6.07 Å². The molecule has 1 unspecified atom stereocenters. The molecule has 1 atom stereocenters. The summed E-state index contributed by atoms with van der Waals surface area (Å²) in [5.74, 6) is 0.635. The molecule has 0 heterocycles. The molecule has 0 saturated heterocycles. The fourth-order valence-electron chi connectivity index (χ4n) is 2.40. The molecule has 2 aromatic rings. The van der Waals surface area contributed by atoms with Crippen molar-refractivity contribution in [2.24, 2.45) is 0 Å². The fraction of sp³-hybridized carbons (Fsp3) is 0.333. The first-order chi connectivity index (χ1) is 10.0. The van der Waals surface area contributed by atoms with Crippen molar-refractivity contribution in [2.75, 3.05) is 7.05 Å². The van der Waals surface area contributed by atoms with Crippen LogP contribution in [-0.4, -0.2) is 13.2 Å². The maximum Gasteiger partial charge on any atom is 0.128 e. The molecule has 0 spiro atoms. The number of hydrogen-bond donors (Lipinski definition) is 1.